The van der Waals surface area contributed by atoms with E-state index in [1.54, 1.807) is 14.0 Å². The molecular weight excluding hydrogens is 480 g/mol. The normalized spacial score (nSPS) is 23.1. The molecule has 0 radical (unpaired) electrons. The maximum absolute atomic E-state index is 13.4. The molecule has 4 N–H and O–H groups in total. The van der Waals surface area contributed by atoms with Gasteiger partial charge < -0.3 is 40.5 Å². The second-order valence-corrected chi connectivity index (χ2v) is 11.2. The minimum absolute atomic E-state index is 0.0221. The second-order valence-electron chi connectivity index (χ2n) is 11.2. The lowest BCUT2D eigenvalue weighted by Gasteiger charge is -2.36. The Morgan fingerprint density at radius 2 is 1.43 bits per heavy atom. The fourth-order valence-corrected chi connectivity index (χ4v) is 4.81. The summed E-state index contributed by atoms with van der Waals surface area (Å²) in [5, 5.41) is 17.2. The SMILES string of the molecule is CN[C@@H](C)C(=O)NC(C(=O)N1CCC2C1CCN2C(=O)NC(C)C)C(C)(C)C.O=C(O)N1CCOCC1. The number of rotatable bonds is 5. The fourth-order valence-electron chi connectivity index (χ4n) is 4.81. The molecule has 0 aliphatic carbocycles. The van der Waals surface area contributed by atoms with Crippen molar-refractivity contribution in [1.29, 1.82) is 0 Å². The van der Waals surface area contributed by atoms with Crippen LogP contribution in [-0.4, -0.2) is 120 Å². The van der Waals surface area contributed by atoms with Crippen molar-refractivity contribution in [3.8, 4) is 0 Å². The van der Waals surface area contributed by atoms with Crippen LogP contribution in [0.5, 0.6) is 0 Å². The highest BCUT2D eigenvalue weighted by atomic mass is 16.5. The zero-order chi connectivity index (χ0) is 27.9. The number of fused-ring (bicyclic) bond motifs is 1. The number of urea groups is 1. The topological polar surface area (TPSA) is 144 Å². The molecule has 3 rings (SSSR count). The Hall–Kier alpha value is -2.60. The average Bonchev–Trinajstić information content (AvgIpc) is 3.43. The zero-order valence-corrected chi connectivity index (χ0v) is 23.4. The van der Waals surface area contributed by atoms with Crippen molar-refractivity contribution in [1.82, 2.24) is 30.7 Å². The number of morpholine rings is 1. The summed E-state index contributed by atoms with van der Waals surface area (Å²) in [4.78, 5) is 53.6. The van der Waals surface area contributed by atoms with Crippen LogP contribution in [-0.2, 0) is 14.3 Å². The molecule has 0 saturated carbocycles. The third kappa shape index (κ3) is 8.19. The molecule has 3 saturated heterocycles. The van der Waals surface area contributed by atoms with Gasteiger partial charge >= 0.3 is 12.1 Å². The third-order valence-corrected chi connectivity index (χ3v) is 7.04. The van der Waals surface area contributed by atoms with Crippen molar-refractivity contribution >= 4 is 23.9 Å². The summed E-state index contributed by atoms with van der Waals surface area (Å²) in [5.41, 5.74) is -0.411. The molecule has 4 atom stereocenters. The van der Waals surface area contributed by atoms with Gasteiger partial charge in [-0.2, -0.15) is 0 Å². The Bertz CT molecular complexity index is 810. The Morgan fingerprint density at radius 3 is 1.89 bits per heavy atom. The highest BCUT2D eigenvalue weighted by Crippen LogP contribution is 2.34. The van der Waals surface area contributed by atoms with Crippen LogP contribution >= 0.6 is 0 Å². The number of likely N-dealkylation sites (tertiary alicyclic amines) is 2. The van der Waals surface area contributed by atoms with Crippen LogP contribution in [0.1, 0.15) is 54.4 Å². The number of hydrogen-bond donors (Lipinski definition) is 4. The number of carbonyl (C=O) groups is 4. The Balaban J connectivity index is 0.000000449. The van der Waals surface area contributed by atoms with Crippen molar-refractivity contribution in [2.24, 2.45) is 5.41 Å². The molecule has 0 spiro atoms. The van der Waals surface area contributed by atoms with Crippen molar-refractivity contribution < 1.29 is 29.0 Å². The molecule has 0 aromatic carbocycles. The van der Waals surface area contributed by atoms with Crippen LogP contribution in [0.15, 0.2) is 0 Å². The predicted molar refractivity (Wildman–Crippen MR) is 139 cm³/mol. The number of carbonyl (C=O) groups excluding carboxylic acids is 3. The van der Waals surface area contributed by atoms with Gasteiger partial charge in [-0.15, -0.1) is 0 Å². The monoisotopic (exact) mass is 526 g/mol. The molecule has 3 aliphatic rings. The summed E-state index contributed by atoms with van der Waals surface area (Å²) in [7, 11) is 1.72. The molecule has 5 amide bonds. The second kappa shape index (κ2) is 13.3. The molecule has 212 valence electrons. The van der Waals surface area contributed by atoms with Gasteiger partial charge in [0.25, 0.3) is 0 Å². The Labute approximate surface area is 220 Å². The summed E-state index contributed by atoms with van der Waals surface area (Å²) >= 11 is 0. The minimum atomic E-state index is -0.849. The van der Waals surface area contributed by atoms with E-state index in [0.717, 1.165) is 12.8 Å². The molecule has 0 aromatic rings. The quantitative estimate of drug-likeness (QED) is 0.417. The third-order valence-electron chi connectivity index (χ3n) is 7.04. The smallest absolute Gasteiger partial charge is 0.407 e. The summed E-state index contributed by atoms with van der Waals surface area (Å²) < 4.78 is 4.94. The van der Waals surface area contributed by atoms with Crippen LogP contribution in [0, 0.1) is 5.41 Å². The lowest BCUT2D eigenvalue weighted by atomic mass is 9.85. The number of amides is 5. The summed E-state index contributed by atoms with van der Waals surface area (Å²) in [6.07, 6.45) is 0.706. The Kier molecular flexibility index (Phi) is 11.0. The van der Waals surface area contributed by atoms with Crippen molar-refractivity contribution in [2.45, 2.75) is 84.6 Å². The number of carboxylic acid groups (broad SMARTS) is 1. The minimum Gasteiger partial charge on any atom is -0.465 e. The van der Waals surface area contributed by atoms with E-state index in [9.17, 15) is 19.2 Å². The number of ether oxygens (including phenoxy) is 1. The highest BCUT2D eigenvalue weighted by Gasteiger charge is 2.49. The van der Waals surface area contributed by atoms with Gasteiger partial charge in [-0.25, -0.2) is 9.59 Å². The van der Waals surface area contributed by atoms with Gasteiger partial charge in [0.1, 0.15) is 6.04 Å². The van der Waals surface area contributed by atoms with Crippen LogP contribution in [0.4, 0.5) is 9.59 Å². The van der Waals surface area contributed by atoms with Gasteiger partial charge in [-0.1, -0.05) is 20.8 Å². The Morgan fingerprint density at radius 1 is 0.892 bits per heavy atom. The van der Waals surface area contributed by atoms with Crippen LogP contribution in [0.3, 0.4) is 0 Å². The molecule has 12 nitrogen and oxygen atoms in total. The molecule has 37 heavy (non-hydrogen) atoms. The van der Waals surface area contributed by atoms with E-state index in [1.807, 2.05) is 44.4 Å². The number of nitrogens with zero attached hydrogens (tertiary/aromatic N) is 3. The number of nitrogens with one attached hydrogen (secondary N) is 3. The summed E-state index contributed by atoms with van der Waals surface area (Å²) in [6, 6.07) is -0.872. The molecule has 0 bridgehead atoms. The number of likely N-dealkylation sites (N-methyl/N-ethyl adjacent to an activating group) is 1. The largest absolute Gasteiger partial charge is 0.465 e. The molecule has 3 aliphatic heterocycles. The van der Waals surface area contributed by atoms with Crippen molar-refractivity contribution in [3.63, 3.8) is 0 Å². The van der Waals surface area contributed by atoms with Gasteiger partial charge in [0.2, 0.25) is 11.8 Å². The number of hydrogen-bond acceptors (Lipinski definition) is 6. The predicted octanol–water partition coefficient (Wildman–Crippen LogP) is 0.915. The molecular formula is C25H46N6O6. The molecule has 3 unspecified atom stereocenters. The van der Waals surface area contributed by atoms with E-state index in [1.165, 1.54) is 4.90 Å². The molecule has 12 heteroatoms. The standard InChI is InChI=1S/C20H37N5O3.C5H9NO3/c1-12(2)22-19(28)25-11-9-14-15(25)8-10-24(14)18(27)16(20(4,5)6)23-17(26)13(3)21-7;7-5(8)6-1-3-9-4-2-6/h12-16,21H,8-11H2,1-7H3,(H,22,28)(H,23,26);1-4H2,(H,7,8)/t13-,14?,15?,16?;/m0./s1. The maximum atomic E-state index is 13.4. The lowest BCUT2D eigenvalue weighted by Crippen LogP contribution is -2.58. The van der Waals surface area contributed by atoms with Crippen molar-refractivity contribution in [2.75, 3.05) is 46.4 Å². The van der Waals surface area contributed by atoms with Gasteiger partial charge in [-0.05, 0) is 46.1 Å². The first-order valence-electron chi connectivity index (χ1n) is 13.2. The molecule has 3 fully saturated rings. The van der Waals surface area contributed by atoms with Gasteiger partial charge in [-0.3, -0.25) is 9.59 Å². The van der Waals surface area contributed by atoms with E-state index in [2.05, 4.69) is 16.0 Å². The van der Waals surface area contributed by atoms with Crippen LogP contribution in [0.2, 0.25) is 0 Å². The van der Waals surface area contributed by atoms with Crippen LogP contribution < -0.4 is 16.0 Å². The van der Waals surface area contributed by atoms with E-state index in [0.29, 0.717) is 39.4 Å². The van der Waals surface area contributed by atoms with E-state index >= 15 is 0 Å². The fraction of sp³-hybridized carbons (Fsp3) is 0.840. The first kappa shape index (κ1) is 30.6. The van der Waals surface area contributed by atoms with Gasteiger partial charge in [0.15, 0.2) is 0 Å². The van der Waals surface area contributed by atoms with E-state index in [-0.39, 0.29) is 42.0 Å². The lowest BCUT2D eigenvalue weighted by molar-refractivity contribution is -0.140. The average molecular weight is 527 g/mol. The molecule has 0 aromatic heterocycles. The van der Waals surface area contributed by atoms with E-state index in [4.69, 9.17) is 9.84 Å². The van der Waals surface area contributed by atoms with E-state index < -0.39 is 17.6 Å². The first-order valence-corrected chi connectivity index (χ1v) is 13.2. The summed E-state index contributed by atoms with van der Waals surface area (Å²) in [5.74, 6) is -0.237. The maximum Gasteiger partial charge on any atom is 0.407 e. The summed E-state index contributed by atoms with van der Waals surface area (Å²) in [6.45, 7) is 14.9. The first-order chi connectivity index (χ1) is 17.3. The van der Waals surface area contributed by atoms with Crippen LogP contribution in [0.25, 0.3) is 0 Å². The van der Waals surface area contributed by atoms with Crippen molar-refractivity contribution in [3.05, 3.63) is 0 Å². The zero-order valence-electron chi connectivity index (χ0n) is 23.4. The van der Waals surface area contributed by atoms with Gasteiger partial charge in [0, 0.05) is 32.2 Å². The molecule has 3 heterocycles. The van der Waals surface area contributed by atoms with Gasteiger partial charge in [0.05, 0.1) is 31.3 Å². The highest BCUT2D eigenvalue weighted by molar-refractivity contribution is 5.90.